The number of nitrogens with two attached hydrogens (primary N) is 1. The van der Waals surface area contributed by atoms with Crippen LogP contribution in [0.15, 0.2) is 0 Å². The van der Waals surface area contributed by atoms with Gasteiger partial charge < -0.3 is 16.0 Å². The van der Waals surface area contributed by atoms with Gasteiger partial charge in [0.2, 0.25) is 5.91 Å². The second-order valence-corrected chi connectivity index (χ2v) is 4.65. The molecule has 4 nitrogen and oxygen atoms in total. The van der Waals surface area contributed by atoms with Crippen molar-refractivity contribution in [1.82, 2.24) is 10.2 Å². The molecule has 0 spiro atoms. The molecule has 1 amide bonds. The van der Waals surface area contributed by atoms with Gasteiger partial charge in [0.25, 0.3) is 0 Å². The number of rotatable bonds is 6. The molecule has 0 aromatic carbocycles. The van der Waals surface area contributed by atoms with E-state index in [4.69, 9.17) is 5.73 Å². The van der Waals surface area contributed by atoms with E-state index >= 15 is 0 Å². The number of halogens is 2. The van der Waals surface area contributed by atoms with E-state index in [-0.39, 0.29) is 42.7 Å². The van der Waals surface area contributed by atoms with Crippen molar-refractivity contribution in [1.29, 1.82) is 0 Å². The molecular formula is C11H25Cl2N3O. The highest BCUT2D eigenvalue weighted by Gasteiger charge is 2.25. The summed E-state index contributed by atoms with van der Waals surface area (Å²) in [6.45, 7) is 5.39. The minimum Gasteiger partial charge on any atom is -0.355 e. The van der Waals surface area contributed by atoms with E-state index in [9.17, 15) is 4.79 Å². The van der Waals surface area contributed by atoms with Crippen molar-refractivity contribution in [2.45, 2.75) is 38.8 Å². The fourth-order valence-corrected chi connectivity index (χ4v) is 1.45. The first-order chi connectivity index (χ1) is 7.02. The second-order valence-electron chi connectivity index (χ2n) is 4.65. The lowest BCUT2D eigenvalue weighted by Gasteiger charge is -2.18. The van der Waals surface area contributed by atoms with Crippen molar-refractivity contribution >= 4 is 30.7 Å². The molecule has 104 valence electrons. The van der Waals surface area contributed by atoms with Gasteiger partial charge in [-0.15, -0.1) is 24.8 Å². The SMILES string of the molecule is CC(N)C(C)C(=O)NCCN(C)C1CC1.Cl.Cl. The smallest absolute Gasteiger partial charge is 0.224 e. The van der Waals surface area contributed by atoms with Crippen LogP contribution in [0.5, 0.6) is 0 Å². The molecule has 0 aromatic rings. The van der Waals surface area contributed by atoms with Crippen LogP contribution in [-0.4, -0.2) is 43.0 Å². The molecule has 1 aliphatic rings. The Hall–Kier alpha value is -0.0300. The average Bonchev–Trinajstić information content (AvgIpc) is 2.99. The van der Waals surface area contributed by atoms with Gasteiger partial charge in [-0.1, -0.05) is 6.92 Å². The van der Waals surface area contributed by atoms with Crippen LogP contribution in [0, 0.1) is 5.92 Å². The zero-order chi connectivity index (χ0) is 11.4. The minimum atomic E-state index is -0.101. The molecule has 17 heavy (non-hydrogen) atoms. The van der Waals surface area contributed by atoms with E-state index in [0.29, 0.717) is 0 Å². The summed E-state index contributed by atoms with van der Waals surface area (Å²) in [5, 5.41) is 2.92. The van der Waals surface area contributed by atoms with Gasteiger partial charge in [-0.25, -0.2) is 0 Å². The molecular weight excluding hydrogens is 261 g/mol. The van der Waals surface area contributed by atoms with Gasteiger partial charge in [-0.05, 0) is 26.8 Å². The maximum atomic E-state index is 11.5. The Morgan fingerprint density at radius 3 is 2.35 bits per heavy atom. The summed E-state index contributed by atoms with van der Waals surface area (Å²) in [6.07, 6.45) is 2.61. The standard InChI is InChI=1S/C11H23N3O.2ClH/c1-8(9(2)12)11(15)13-6-7-14(3)10-4-5-10;;/h8-10H,4-7,12H2,1-3H3,(H,13,15);2*1H. The van der Waals surface area contributed by atoms with Crippen LogP contribution in [0.4, 0.5) is 0 Å². The van der Waals surface area contributed by atoms with Gasteiger partial charge in [0, 0.05) is 31.1 Å². The predicted octanol–water partition coefficient (Wildman–Crippen LogP) is 1.02. The Morgan fingerprint density at radius 1 is 1.41 bits per heavy atom. The van der Waals surface area contributed by atoms with Crippen molar-refractivity contribution in [2.75, 3.05) is 20.1 Å². The molecule has 0 radical (unpaired) electrons. The predicted molar refractivity (Wildman–Crippen MR) is 76.0 cm³/mol. The highest BCUT2D eigenvalue weighted by atomic mass is 35.5. The molecule has 0 aliphatic heterocycles. The Labute approximate surface area is 117 Å². The van der Waals surface area contributed by atoms with E-state index in [2.05, 4.69) is 17.3 Å². The zero-order valence-electron chi connectivity index (χ0n) is 10.8. The highest BCUT2D eigenvalue weighted by Crippen LogP contribution is 2.24. The minimum absolute atomic E-state index is 0. The number of hydrogen-bond donors (Lipinski definition) is 2. The maximum absolute atomic E-state index is 11.5. The van der Waals surface area contributed by atoms with Crippen molar-refractivity contribution in [2.24, 2.45) is 11.7 Å². The summed E-state index contributed by atoms with van der Waals surface area (Å²) in [5.41, 5.74) is 5.66. The van der Waals surface area contributed by atoms with Gasteiger partial charge in [0.05, 0.1) is 0 Å². The van der Waals surface area contributed by atoms with Gasteiger partial charge >= 0.3 is 0 Å². The molecule has 2 atom stereocenters. The maximum Gasteiger partial charge on any atom is 0.224 e. The highest BCUT2D eigenvalue weighted by molar-refractivity contribution is 5.85. The number of likely N-dealkylation sites (N-methyl/N-ethyl adjacent to an activating group) is 1. The summed E-state index contributed by atoms with van der Waals surface area (Å²) in [4.78, 5) is 13.8. The van der Waals surface area contributed by atoms with E-state index in [1.165, 1.54) is 12.8 Å². The molecule has 6 heteroatoms. The largest absolute Gasteiger partial charge is 0.355 e. The van der Waals surface area contributed by atoms with Gasteiger partial charge in [0.1, 0.15) is 0 Å². The summed E-state index contributed by atoms with van der Waals surface area (Å²) in [7, 11) is 2.11. The van der Waals surface area contributed by atoms with Crippen LogP contribution in [-0.2, 0) is 4.79 Å². The number of amides is 1. The third kappa shape index (κ3) is 7.09. The number of carbonyl (C=O) groups is 1. The molecule has 3 N–H and O–H groups in total. The molecule has 0 saturated heterocycles. The van der Waals surface area contributed by atoms with Crippen LogP contribution >= 0.6 is 24.8 Å². The molecule has 1 rings (SSSR count). The Bertz CT molecular complexity index is 223. The van der Waals surface area contributed by atoms with Gasteiger partial charge in [0.15, 0.2) is 0 Å². The third-order valence-corrected chi connectivity index (χ3v) is 3.14. The Kier molecular flexibility index (Phi) is 10.2. The number of hydrogen-bond acceptors (Lipinski definition) is 3. The summed E-state index contributed by atoms with van der Waals surface area (Å²) >= 11 is 0. The van der Waals surface area contributed by atoms with E-state index in [1.54, 1.807) is 0 Å². The third-order valence-electron chi connectivity index (χ3n) is 3.14. The monoisotopic (exact) mass is 285 g/mol. The normalized spacial score (nSPS) is 17.7. The average molecular weight is 286 g/mol. The van der Waals surface area contributed by atoms with Crippen molar-refractivity contribution in [3.8, 4) is 0 Å². The van der Waals surface area contributed by atoms with Crippen LogP contribution in [0.1, 0.15) is 26.7 Å². The van der Waals surface area contributed by atoms with Crippen molar-refractivity contribution in [3.05, 3.63) is 0 Å². The molecule has 0 heterocycles. The lowest BCUT2D eigenvalue weighted by molar-refractivity contribution is -0.124. The fourth-order valence-electron chi connectivity index (χ4n) is 1.45. The molecule has 1 aliphatic carbocycles. The van der Waals surface area contributed by atoms with Gasteiger partial charge in [-0.2, -0.15) is 0 Å². The first-order valence-corrected chi connectivity index (χ1v) is 5.76. The number of nitrogens with zero attached hydrogens (tertiary/aromatic N) is 1. The van der Waals surface area contributed by atoms with E-state index < -0.39 is 0 Å². The zero-order valence-corrected chi connectivity index (χ0v) is 12.4. The van der Waals surface area contributed by atoms with E-state index in [1.807, 2.05) is 13.8 Å². The van der Waals surface area contributed by atoms with Crippen LogP contribution in [0.25, 0.3) is 0 Å². The quantitative estimate of drug-likeness (QED) is 0.766. The van der Waals surface area contributed by atoms with Crippen LogP contribution < -0.4 is 11.1 Å². The molecule has 0 aromatic heterocycles. The van der Waals surface area contributed by atoms with Crippen molar-refractivity contribution in [3.63, 3.8) is 0 Å². The summed E-state index contributed by atoms with van der Waals surface area (Å²) in [6, 6.07) is 0.680. The molecule has 0 bridgehead atoms. The van der Waals surface area contributed by atoms with E-state index in [0.717, 1.165) is 19.1 Å². The lowest BCUT2D eigenvalue weighted by Crippen LogP contribution is -2.41. The summed E-state index contributed by atoms with van der Waals surface area (Å²) < 4.78 is 0. The van der Waals surface area contributed by atoms with Crippen molar-refractivity contribution < 1.29 is 4.79 Å². The topological polar surface area (TPSA) is 58.4 Å². The lowest BCUT2D eigenvalue weighted by atomic mass is 10.0. The summed E-state index contributed by atoms with van der Waals surface area (Å²) in [5.74, 6) is -0.0366. The molecule has 1 saturated carbocycles. The first kappa shape index (κ1) is 19.3. The number of carbonyl (C=O) groups excluding carboxylic acids is 1. The first-order valence-electron chi connectivity index (χ1n) is 5.76. The van der Waals surface area contributed by atoms with Crippen LogP contribution in [0.3, 0.4) is 0 Å². The van der Waals surface area contributed by atoms with Crippen LogP contribution in [0.2, 0.25) is 0 Å². The Morgan fingerprint density at radius 2 is 1.94 bits per heavy atom. The molecule has 2 unspecified atom stereocenters. The second kappa shape index (κ2) is 8.97. The Balaban J connectivity index is 0. The van der Waals surface area contributed by atoms with Gasteiger partial charge in [-0.3, -0.25) is 4.79 Å². The molecule has 1 fully saturated rings. The number of nitrogens with one attached hydrogen (secondary N) is 1. The fraction of sp³-hybridized carbons (Fsp3) is 0.909.